The van der Waals surface area contributed by atoms with E-state index in [9.17, 15) is 0 Å². The van der Waals surface area contributed by atoms with E-state index in [-0.39, 0.29) is 0 Å². The molecule has 0 atom stereocenters. The Morgan fingerprint density at radius 1 is 1.58 bits per heavy atom. The summed E-state index contributed by atoms with van der Waals surface area (Å²) < 4.78 is 4.97. The predicted molar refractivity (Wildman–Crippen MR) is 44.3 cm³/mol. The zero-order valence-corrected chi connectivity index (χ0v) is 6.95. The smallest absolute Gasteiger partial charge is 0.0731 e. The number of ether oxygens (including phenoxy) is 1. The molecule has 1 heterocycles. The molecule has 3 nitrogen and oxygen atoms in total. The molecule has 0 saturated heterocycles. The van der Waals surface area contributed by atoms with Gasteiger partial charge >= 0.3 is 0 Å². The number of nitriles is 1. The van der Waals surface area contributed by atoms with E-state index in [1.54, 1.807) is 19.5 Å². The predicted octanol–water partition coefficient (Wildman–Crippen LogP) is 1.29. The van der Waals surface area contributed by atoms with Gasteiger partial charge in [0, 0.05) is 25.1 Å². The third-order valence-electron chi connectivity index (χ3n) is 1.57. The van der Waals surface area contributed by atoms with Crippen molar-refractivity contribution in [2.75, 3.05) is 7.11 Å². The molecule has 0 saturated carbocycles. The van der Waals surface area contributed by atoms with Gasteiger partial charge in [-0.15, -0.1) is 0 Å². The molecule has 1 aromatic heterocycles. The Kier molecular flexibility index (Phi) is 3.24. The van der Waals surface area contributed by atoms with Gasteiger partial charge < -0.3 is 4.74 Å². The van der Waals surface area contributed by atoms with Crippen LogP contribution in [0.25, 0.3) is 0 Å². The molecule has 0 spiro atoms. The molecule has 0 aliphatic heterocycles. The Balaban J connectivity index is 2.85. The van der Waals surface area contributed by atoms with Gasteiger partial charge in [0.1, 0.15) is 0 Å². The number of nitrogens with zero attached hydrogens (tertiary/aromatic N) is 2. The number of rotatable bonds is 3. The Labute approximate surface area is 71.6 Å². The van der Waals surface area contributed by atoms with E-state index in [0.29, 0.717) is 13.0 Å². The lowest BCUT2D eigenvalue weighted by Crippen LogP contribution is -1.95. The minimum absolute atomic E-state index is 0.418. The fraction of sp³-hybridized carbons (Fsp3) is 0.333. The SMILES string of the molecule is COCc1cnccc1CC#N. The highest BCUT2D eigenvalue weighted by molar-refractivity contribution is 5.25. The van der Waals surface area contributed by atoms with Gasteiger partial charge in [0.15, 0.2) is 0 Å². The first-order valence-electron chi connectivity index (χ1n) is 3.66. The van der Waals surface area contributed by atoms with Crippen LogP contribution in [-0.4, -0.2) is 12.1 Å². The van der Waals surface area contributed by atoms with Crippen molar-refractivity contribution in [1.82, 2.24) is 4.98 Å². The monoisotopic (exact) mass is 162 g/mol. The lowest BCUT2D eigenvalue weighted by atomic mass is 10.1. The van der Waals surface area contributed by atoms with E-state index in [2.05, 4.69) is 11.1 Å². The van der Waals surface area contributed by atoms with Crippen LogP contribution in [0.1, 0.15) is 11.1 Å². The summed E-state index contributed by atoms with van der Waals surface area (Å²) in [6.45, 7) is 0.519. The van der Waals surface area contributed by atoms with Crippen molar-refractivity contribution in [3.05, 3.63) is 29.6 Å². The molecule has 0 bridgehead atoms. The van der Waals surface area contributed by atoms with Gasteiger partial charge in [0.05, 0.1) is 19.1 Å². The van der Waals surface area contributed by atoms with Gasteiger partial charge in [-0.1, -0.05) is 0 Å². The summed E-state index contributed by atoms with van der Waals surface area (Å²) in [6.07, 6.45) is 3.84. The van der Waals surface area contributed by atoms with E-state index in [1.807, 2.05) is 6.07 Å². The lowest BCUT2D eigenvalue weighted by Gasteiger charge is -2.03. The van der Waals surface area contributed by atoms with Crippen molar-refractivity contribution in [2.45, 2.75) is 13.0 Å². The summed E-state index contributed by atoms with van der Waals surface area (Å²) >= 11 is 0. The molecule has 0 amide bonds. The van der Waals surface area contributed by atoms with E-state index in [4.69, 9.17) is 10.00 Å². The molecule has 1 rings (SSSR count). The van der Waals surface area contributed by atoms with Crippen LogP contribution in [0.15, 0.2) is 18.5 Å². The maximum atomic E-state index is 8.50. The number of methoxy groups -OCH3 is 1. The molecule has 1 aromatic rings. The van der Waals surface area contributed by atoms with E-state index < -0.39 is 0 Å². The Bertz CT molecular complexity index is 291. The standard InChI is InChI=1S/C9H10N2O/c1-12-7-9-6-11-5-3-8(9)2-4-10/h3,5-6H,2,7H2,1H3. The maximum absolute atomic E-state index is 8.50. The number of pyridine rings is 1. The van der Waals surface area contributed by atoms with Crippen LogP contribution in [0.3, 0.4) is 0 Å². The van der Waals surface area contributed by atoms with E-state index >= 15 is 0 Å². The average molecular weight is 162 g/mol. The number of hydrogen-bond acceptors (Lipinski definition) is 3. The molecular formula is C9H10N2O. The second-order valence-electron chi connectivity index (χ2n) is 2.41. The zero-order chi connectivity index (χ0) is 8.81. The van der Waals surface area contributed by atoms with Gasteiger partial charge in [0.25, 0.3) is 0 Å². The van der Waals surface area contributed by atoms with Gasteiger partial charge in [-0.05, 0) is 11.6 Å². The summed E-state index contributed by atoms with van der Waals surface area (Å²) in [5.74, 6) is 0. The highest BCUT2D eigenvalue weighted by Gasteiger charge is 1.99. The molecule has 0 unspecified atom stereocenters. The summed E-state index contributed by atoms with van der Waals surface area (Å²) in [4.78, 5) is 3.96. The first-order chi connectivity index (χ1) is 5.88. The molecular weight excluding hydrogens is 152 g/mol. The summed E-state index contributed by atoms with van der Waals surface area (Å²) in [5, 5.41) is 8.50. The summed E-state index contributed by atoms with van der Waals surface area (Å²) in [5.41, 5.74) is 1.98. The van der Waals surface area contributed by atoms with Crippen LogP contribution >= 0.6 is 0 Å². The molecule has 12 heavy (non-hydrogen) atoms. The zero-order valence-electron chi connectivity index (χ0n) is 6.95. The normalized spacial score (nSPS) is 9.33. The molecule has 0 aromatic carbocycles. The van der Waals surface area contributed by atoms with Gasteiger partial charge in [0.2, 0.25) is 0 Å². The molecule has 3 heteroatoms. The Morgan fingerprint density at radius 2 is 2.42 bits per heavy atom. The minimum atomic E-state index is 0.418. The van der Waals surface area contributed by atoms with Gasteiger partial charge in [-0.2, -0.15) is 5.26 Å². The largest absolute Gasteiger partial charge is 0.380 e. The third kappa shape index (κ3) is 2.04. The lowest BCUT2D eigenvalue weighted by molar-refractivity contribution is 0.184. The van der Waals surface area contributed by atoms with Crippen LogP contribution < -0.4 is 0 Å². The highest BCUT2D eigenvalue weighted by atomic mass is 16.5. The number of hydrogen-bond donors (Lipinski definition) is 0. The summed E-state index contributed by atoms with van der Waals surface area (Å²) in [6, 6.07) is 3.94. The summed E-state index contributed by atoms with van der Waals surface area (Å²) in [7, 11) is 1.63. The van der Waals surface area contributed by atoms with E-state index in [1.165, 1.54) is 0 Å². The molecule has 0 aliphatic carbocycles. The van der Waals surface area contributed by atoms with Crippen molar-refractivity contribution in [2.24, 2.45) is 0 Å². The van der Waals surface area contributed by atoms with Crippen molar-refractivity contribution in [3.8, 4) is 6.07 Å². The highest BCUT2D eigenvalue weighted by Crippen LogP contribution is 2.07. The Hall–Kier alpha value is -1.40. The molecule has 0 N–H and O–H groups in total. The van der Waals surface area contributed by atoms with Crippen LogP contribution in [-0.2, 0) is 17.8 Å². The first kappa shape index (κ1) is 8.69. The van der Waals surface area contributed by atoms with Crippen molar-refractivity contribution in [1.29, 1.82) is 5.26 Å². The quantitative estimate of drug-likeness (QED) is 0.672. The van der Waals surface area contributed by atoms with Gasteiger partial charge in [-0.3, -0.25) is 4.98 Å². The third-order valence-corrected chi connectivity index (χ3v) is 1.57. The minimum Gasteiger partial charge on any atom is -0.380 e. The molecule has 62 valence electrons. The van der Waals surface area contributed by atoms with Crippen molar-refractivity contribution in [3.63, 3.8) is 0 Å². The topological polar surface area (TPSA) is 45.9 Å². The second kappa shape index (κ2) is 4.47. The maximum Gasteiger partial charge on any atom is 0.0731 e. The van der Waals surface area contributed by atoms with E-state index in [0.717, 1.165) is 11.1 Å². The first-order valence-corrected chi connectivity index (χ1v) is 3.66. The fourth-order valence-electron chi connectivity index (χ4n) is 0.999. The Morgan fingerprint density at radius 3 is 3.08 bits per heavy atom. The van der Waals surface area contributed by atoms with Crippen molar-refractivity contribution >= 4 is 0 Å². The van der Waals surface area contributed by atoms with Crippen LogP contribution in [0.5, 0.6) is 0 Å². The van der Waals surface area contributed by atoms with Crippen LogP contribution in [0, 0.1) is 11.3 Å². The molecule has 0 aliphatic rings. The molecule has 0 fully saturated rings. The number of aromatic nitrogens is 1. The fourth-order valence-corrected chi connectivity index (χ4v) is 0.999. The molecule has 0 radical (unpaired) electrons. The second-order valence-corrected chi connectivity index (χ2v) is 2.41. The van der Waals surface area contributed by atoms with Gasteiger partial charge in [-0.25, -0.2) is 0 Å². The van der Waals surface area contributed by atoms with Crippen LogP contribution in [0.2, 0.25) is 0 Å². The van der Waals surface area contributed by atoms with Crippen molar-refractivity contribution < 1.29 is 4.74 Å². The van der Waals surface area contributed by atoms with Crippen LogP contribution in [0.4, 0.5) is 0 Å². The average Bonchev–Trinajstić information content (AvgIpc) is 2.09.